The molecule has 1 heterocycles. The maximum atomic E-state index is 13.6. The molecule has 0 radical (unpaired) electrons. The minimum Gasteiger partial charge on any atom is -0.494 e. The van der Waals surface area contributed by atoms with Gasteiger partial charge in [-0.25, -0.2) is 9.69 Å². The molecule has 38 heavy (non-hydrogen) atoms. The van der Waals surface area contributed by atoms with Crippen molar-refractivity contribution in [1.29, 1.82) is 0 Å². The number of ether oxygens (including phenoxy) is 3. The second-order valence-corrected chi connectivity index (χ2v) is 8.83. The monoisotopic (exact) mass is 517 g/mol. The third-order valence-electron chi connectivity index (χ3n) is 6.24. The van der Waals surface area contributed by atoms with Crippen molar-refractivity contribution in [2.45, 2.75) is 32.9 Å². The van der Waals surface area contributed by atoms with Gasteiger partial charge in [0.25, 0.3) is 5.91 Å². The predicted octanol–water partition coefficient (Wildman–Crippen LogP) is 4.78. The van der Waals surface area contributed by atoms with Crippen molar-refractivity contribution in [2.75, 3.05) is 31.0 Å². The minimum absolute atomic E-state index is 0.105. The molecule has 1 aliphatic rings. The van der Waals surface area contributed by atoms with Gasteiger partial charge < -0.3 is 24.4 Å². The molecule has 1 atom stereocenters. The van der Waals surface area contributed by atoms with E-state index in [4.69, 9.17) is 14.2 Å². The Balaban J connectivity index is 1.59. The van der Waals surface area contributed by atoms with E-state index in [9.17, 15) is 14.4 Å². The third-order valence-corrected chi connectivity index (χ3v) is 6.24. The fourth-order valence-corrected chi connectivity index (χ4v) is 4.31. The summed E-state index contributed by atoms with van der Waals surface area (Å²) in [6.07, 6.45) is -0.201. The van der Waals surface area contributed by atoms with Gasteiger partial charge in [0, 0.05) is 12.2 Å². The molecule has 1 aliphatic heterocycles. The molecule has 4 amide bonds. The van der Waals surface area contributed by atoms with Gasteiger partial charge >= 0.3 is 6.03 Å². The Morgan fingerprint density at radius 1 is 0.921 bits per heavy atom. The van der Waals surface area contributed by atoms with Crippen LogP contribution < -0.4 is 24.4 Å². The van der Waals surface area contributed by atoms with E-state index in [1.54, 1.807) is 61.7 Å². The Bertz CT molecular complexity index is 1310. The van der Waals surface area contributed by atoms with Gasteiger partial charge in [0.1, 0.15) is 11.8 Å². The molecule has 0 aromatic heterocycles. The Kier molecular flexibility index (Phi) is 8.15. The molecule has 198 valence electrons. The SMILES string of the molecule is CCOc1ccc(NC(=O)C[C@@H]2C(=O)N(c3ccc(C)cc3)C(=O)N2Cc2ccc(OC)c(OC)c2)cc1. The third kappa shape index (κ3) is 5.72. The standard InChI is InChI=1S/C29H31N3O6/c1-5-38-23-13-9-21(10-14-23)30-27(33)17-24-28(34)32(22-11-6-19(2)7-12-22)29(35)31(24)18-20-8-15-25(36-3)26(16-20)37-4/h6-16,24H,5,17-18H2,1-4H3,(H,30,33)/t24-/m1/s1. The maximum absolute atomic E-state index is 13.6. The Morgan fingerprint density at radius 3 is 2.24 bits per heavy atom. The average molecular weight is 518 g/mol. The Hall–Kier alpha value is -4.53. The van der Waals surface area contributed by atoms with Crippen molar-refractivity contribution in [1.82, 2.24) is 4.90 Å². The number of methoxy groups -OCH3 is 2. The van der Waals surface area contributed by atoms with E-state index in [1.807, 2.05) is 26.0 Å². The number of aryl methyl sites for hydroxylation is 1. The topological polar surface area (TPSA) is 97.4 Å². The van der Waals surface area contributed by atoms with Gasteiger partial charge in [0.05, 0.1) is 32.9 Å². The lowest BCUT2D eigenvalue weighted by atomic mass is 10.1. The van der Waals surface area contributed by atoms with Gasteiger partial charge in [-0.3, -0.25) is 9.59 Å². The van der Waals surface area contributed by atoms with Crippen molar-refractivity contribution < 1.29 is 28.6 Å². The normalized spacial score (nSPS) is 15.0. The van der Waals surface area contributed by atoms with Crippen molar-refractivity contribution in [3.8, 4) is 17.2 Å². The van der Waals surface area contributed by atoms with Crippen LogP contribution in [0.1, 0.15) is 24.5 Å². The zero-order chi connectivity index (χ0) is 27.2. The summed E-state index contributed by atoms with van der Waals surface area (Å²) in [5.41, 5.74) is 2.75. The van der Waals surface area contributed by atoms with Gasteiger partial charge in [-0.15, -0.1) is 0 Å². The van der Waals surface area contributed by atoms with Gasteiger partial charge in [-0.2, -0.15) is 0 Å². The summed E-state index contributed by atoms with van der Waals surface area (Å²) in [5, 5.41) is 2.81. The zero-order valence-electron chi connectivity index (χ0n) is 21.9. The molecule has 0 saturated carbocycles. The molecular weight excluding hydrogens is 486 g/mol. The highest BCUT2D eigenvalue weighted by Crippen LogP contribution is 2.32. The Labute approximate surface area is 221 Å². The molecule has 0 spiro atoms. The van der Waals surface area contributed by atoms with Crippen LogP contribution in [0.3, 0.4) is 0 Å². The lowest BCUT2D eigenvalue weighted by Gasteiger charge is -2.22. The first-order valence-corrected chi connectivity index (χ1v) is 12.3. The van der Waals surface area contributed by atoms with Crippen LogP contribution in [-0.4, -0.2) is 49.6 Å². The van der Waals surface area contributed by atoms with Crippen molar-refractivity contribution >= 4 is 29.2 Å². The molecular formula is C29H31N3O6. The molecule has 0 aliphatic carbocycles. The smallest absolute Gasteiger partial charge is 0.332 e. The first-order chi connectivity index (χ1) is 18.3. The number of anilines is 2. The number of imide groups is 1. The minimum atomic E-state index is -0.986. The Morgan fingerprint density at radius 2 is 1.61 bits per heavy atom. The van der Waals surface area contributed by atoms with Crippen LogP contribution in [0.15, 0.2) is 66.7 Å². The molecule has 1 saturated heterocycles. The fraction of sp³-hybridized carbons (Fsp3) is 0.276. The van der Waals surface area contributed by atoms with Gasteiger partial charge in [0.2, 0.25) is 5.91 Å². The van der Waals surface area contributed by atoms with Gasteiger partial charge in [0.15, 0.2) is 11.5 Å². The summed E-state index contributed by atoms with van der Waals surface area (Å²) < 4.78 is 16.1. The van der Waals surface area contributed by atoms with Crippen LogP contribution in [0.25, 0.3) is 0 Å². The number of benzene rings is 3. The number of hydrogen-bond acceptors (Lipinski definition) is 6. The van der Waals surface area contributed by atoms with E-state index in [0.29, 0.717) is 35.2 Å². The number of nitrogens with zero attached hydrogens (tertiary/aromatic N) is 2. The lowest BCUT2D eigenvalue weighted by molar-refractivity contribution is -0.124. The number of carbonyl (C=O) groups is 3. The molecule has 3 aromatic rings. The molecule has 0 bridgehead atoms. The molecule has 1 N–H and O–H groups in total. The molecule has 1 fully saturated rings. The summed E-state index contributed by atoms with van der Waals surface area (Å²) in [4.78, 5) is 42.7. The number of urea groups is 1. The molecule has 4 rings (SSSR count). The van der Waals surface area contributed by atoms with Gasteiger partial charge in [-0.1, -0.05) is 23.8 Å². The first kappa shape index (κ1) is 26.5. The molecule has 0 unspecified atom stereocenters. The van der Waals surface area contributed by atoms with E-state index >= 15 is 0 Å². The highest BCUT2D eigenvalue weighted by Gasteiger charge is 2.46. The van der Waals surface area contributed by atoms with Crippen LogP contribution in [-0.2, 0) is 16.1 Å². The van der Waals surface area contributed by atoms with Crippen LogP contribution >= 0.6 is 0 Å². The van der Waals surface area contributed by atoms with Crippen LogP contribution in [0.5, 0.6) is 17.2 Å². The number of carbonyl (C=O) groups excluding carboxylic acids is 3. The van der Waals surface area contributed by atoms with Crippen molar-refractivity contribution in [2.24, 2.45) is 0 Å². The number of amides is 4. The zero-order valence-corrected chi connectivity index (χ0v) is 21.9. The van der Waals surface area contributed by atoms with Crippen LogP contribution in [0.2, 0.25) is 0 Å². The molecule has 3 aromatic carbocycles. The van der Waals surface area contributed by atoms with Crippen molar-refractivity contribution in [3.05, 3.63) is 77.9 Å². The van der Waals surface area contributed by atoms with E-state index in [-0.39, 0.29) is 18.9 Å². The first-order valence-electron chi connectivity index (χ1n) is 12.3. The highest BCUT2D eigenvalue weighted by molar-refractivity contribution is 6.22. The highest BCUT2D eigenvalue weighted by atomic mass is 16.5. The second-order valence-electron chi connectivity index (χ2n) is 8.83. The summed E-state index contributed by atoms with van der Waals surface area (Å²) in [5.74, 6) is 0.900. The maximum Gasteiger partial charge on any atom is 0.332 e. The van der Waals surface area contributed by atoms with Crippen LogP contribution in [0, 0.1) is 6.92 Å². The lowest BCUT2D eigenvalue weighted by Crippen LogP contribution is -2.37. The van der Waals surface area contributed by atoms with E-state index < -0.39 is 18.0 Å². The number of nitrogens with one attached hydrogen (secondary N) is 1. The number of hydrogen-bond donors (Lipinski definition) is 1. The summed E-state index contributed by atoms with van der Waals surface area (Å²) >= 11 is 0. The van der Waals surface area contributed by atoms with Crippen LogP contribution in [0.4, 0.5) is 16.2 Å². The summed E-state index contributed by atoms with van der Waals surface area (Å²) in [6, 6.07) is 17.9. The van der Waals surface area contributed by atoms with E-state index in [2.05, 4.69) is 5.32 Å². The van der Waals surface area contributed by atoms with Gasteiger partial charge in [-0.05, 0) is 67.9 Å². The largest absolute Gasteiger partial charge is 0.494 e. The average Bonchev–Trinajstić information content (AvgIpc) is 3.14. The van der Waals surface area contributed by atoms with E-state index in [1.165, 1.54) is 12.0 Å². The van der Waals surface area contributed by atoms with E-state index in [0.717, 1.165) is 16.0 Å². The second kappa shape index (κ2) is 11.7. The predicted molar refractivity (Wildman–Crippen MR) is 144 cm³/mol. The quantitative estimate of drug-likeness (QED) is 0.389. The molecule has 9 nitrogen and oxygen atoms in total. The fourth-order valence-electron chi connectivity index (χ4n) is 4.31. The summed E-state index contributed by atoms with van der Waals surface area (Å²) in [6.45, 7) is 4.46. The molecule has 9 heteroatoms. The summed E-state index contributed by atoms with van der Waals surface area (Å²) in [7, 11) is 3.07. The van der Waals surface area contributed by atoms with Crippen molar-refractivity contribution in [3.63, 3.8) is 0 Å². The number of rotatable bonds is 10.